The lowest BCUT2D eigenvalue weighted by atomic mass is 9.81. The minimum absolute atomic E-state index is 0.0583. The molecule has 6 heteroatoms. The van der Waals surface area contributed by atoms with E-state index >= 15 is 0 Å². The summed E-state index contributed by atoms with van der Waals surface area (Å²) >= 11 is 0. The molecule has 0 N–H and O–H groups in total. The van der Waals surface area contributed by atoms with Crippen LogP contribution >= 0.6 is 0 Å². The molecule has 1 atom stereocenters. The van der Waals surface area contributed by atoms with Gasteiger partial charge in [0.1, 0.15) is 0 Å². The summed E-state index contributed by atoms with van der Waals surface area (Å²) < 4.78 is 85.2. The second-order valence-corrected chi connectivity index (χ2v) is 12.3. The second-order valence-electron chi connectivity index (χ2n) is 12.3. The molecule has 1 aliphatic carbocycles. The topological polar surface area (TPSA) is 0 Å². The summed E-state index contributed by atoms with van der Waals surface area (Å²) in [6.07, 6.45) is -2.58. The number of fused-ring (bicyclic) bond motifs is 4. The predicted octanol–water partition coefficient (Wildman–Crippen LogP) is 13.1. The highest BCUT2D eigenvalue weighted by atomic mass is 19.4. The molecule has 0 aliphatic heterocycles. The van der Waals surface area contributed by atoms with Crippen LogP contribution in [0.15, 0.2) is 140 Å². The Bertz CT molecular complexity index is 2380. The van der Waals surface area contributed by atoms with Crippen molar-refractivity contribution in [1.29, 1.82) is 0 Å². The van der Waals surface area contributed by atoms with Crippen molar-refractivity contribution < 1.29 is 26.3 Å². The quantitative estimate of drug-likeness (QED) is 0.133. The molecule has 1 unspecified atom stereocenters. The standard InChI is InChI=1S/C42H26F6/c43-41(44,45)31-18-20-35-37(23-31)40(30-17-12-25-6-1-2-8-29(25)22-30)38-24-32(42(46,47)48)19-21-36(38)39(35)28-15-13-27(14-16-28)34-11-5-9-26-7-3-4-10-33(26)34/h1-13,15-24,27H,14H2. The molecule has 0 spiro atoms. The van der Waals surface area contributed by atoms with E-state index < -0.39 is 23.5 Å². The summed E-state index contributed by atoms with van der Waals surface area (Å²) in [5, 5.41) is 5.57. The normalized spacial score (nSPS) is 15.5. The number of benzene rings is 7. The Morgan fingerprint density at radius 3 is 1.71 bits per heavy atom. The van der Waals surface area contributed by atoms with E-state index in [4.69, 9.17) is 0 Å². The predicted molar refractivity (Wildman–Crippen MR) is 183 cm³/mol. The van der Waals surface area contributed by atoms with E-state index in [-0.39, 0.29) is 16.7 Å². The molecule has 7 aromatic rings. The van der Waals surface area contributed by atoms with Gasteiger partial charge in [-0.25, -0.2) is 0 Å². The largest absolute Gasteiger partial charge is 0.416 e. The molecule has 48 heavy (non-hydrogen) atoms. The average Bonchev–Trinajstić information content (AvgIpc) is 3.09. The van der Waals surface area contributed by atoms with Crippen LogP contribution in [0.5, 0.6) is 0 Å². The molecular weight excluding hydrogens is 618 g/mol. The summed E-state index contributed by atoms with van der Waals surface area (Å²) in [5.74, 6) is 0.0583. The van der Waals surface area contributed by atoms with Gasteiger partial charge in [0.2, 0.25) is 0 Å². The Morgan fingerprint density at radius 1 is 0.479 bits per heavy atom. The van der Waals surface area contributed by atoms with Gasteiger partial charge in [-0.3, -0.25) is 0 Å². The highest BCUT2D eigenvalue weighted by molar-refractivity contribution is 6.20. The van der Waals surface area contributed by atoms with E-state index in [0.717, 1.165) is 56.9 Å². The molecule has 1 aliphatic rings. The average molecular weight is 645 g/mol. The summed E-state index contributed by atoms with van der Waals surface area (Å²) in [4.78, 5) is 0. The van der Waals surface area contributed by atoms with E-state index in [1.165, 1.54) is 12.1 Å². The fourth-order valence-electron chi connectivity index (χ4n) is 7.16. The van der Waals surface area contributed by atoms with Crippen LogP contribution in [0.3, 0.4) is 0 Å². The Kier molecular flexibility index (Phi) is 6.95. The number of alkyl halides is 6. The van der Waals surface area contributed by atoms with Crippen LogP contribution in [0, 0.1) is 0 Å². The van der Waals surface area contributed by atoms with Gasteiger partial charge in [-0.05, 0) is 108 Å². The number of allylic oxidation sites excluding steroid dienone is 4. The zero-order chi connectivity index (χ0) is 33.2. The van der Waals surface area contributed by atoms with Gasteiger partial charge in [-0.2, -0.15) is 26.3 Å². The third kappa shape index (κ3) is 5.12. The van der Waals surface area contributed by atoms with Crippen LogP contribution in [0.25, 0.3) is 59.8 Å². The molecule has 0 saturated carbocycles. The van der Waals surface area contributed by atoms with Crippen LogP contribution in [0.2, 0.25) is 0 Å². The molecule has 236 valence electrons. The fourth-order valence-corrected chi connectivity index (χ4v) is 7.16. The molecule has 0 fully saturated rings. The van der Waals surface area contributed by atoms with Gasteiger partial charge in [0, 0.05) is 5.92 Å². The number of hydrogen-bond acceptors (Lipinski definition) is 0. The van der Waals surface area contributed by atoms with Crippen molar-refractivity contribution in [3.8, 4) is 11.1 Å². The molecule has 0 bridgehead atoms. The lowest BCUT2D eigenvalue weighted by Crippen LogP contribution is -2.07. The summed E-state index contributed by atoms with van der Waals surface area (Å²) in [5.41, 5.74) is 1.67. The lowest BCUT2D eigenvalue weighted by Gasteiger charge is -2.23. The third-order valence-electron chi connectivity index (χ3n) is 9.42. The van der Waals surface area contributed by atoms with Crippen molar-refractivity contribution in [3.05, 3.63) is 162 Å². The molecule has 7 aromatic carbocycles. The van der Waals surface area contributed by atoms with Crippen molar-refractivity contribution in [3.63, 3.8) is 0 Å². The summed E-state index contributed by atoms with van der Waals surface area (Å²) in [7, 11) is 0. The van der Waals surface area contributed by atoms with Crippen LogP contribution in [-0.2, 0) is 12.4 Å². The number of rotatable bonds is 3. The van der Waals surface area contributed by atoms with Crippen LogP contribution in [0.4, 0.5) is 26.3 Å². The Hall–Kier alpha value is -5.36. The van der Waals surface area contributed by atoms with Crippen molar-refractivity contribution in [2.45, 2.75) is 24.7 Å². The first-order valence-electron chi connectivity index (χ1n) is 15.6. The molecule has 0 aromatic heterocycles. The SMILES string of the molecule is FC(F)(F)c1ccc2c(C3=CCC(c4cccc5ccccc45)C=C3)c3ccc(C(F)(F)F)cc3c(-c3ccc4ccccc4c3)c2c1. The van der Waals surface area contributed by atoms with E-state index in [1.54, 1.807) is 6.07 Å². The number of hydrogen-bond donors (Lipinski definition) is 0. The van der Waals surface area contributed by atoms with Gasteiger partial charge in [0.25, 0.3) is 0 Å². The monoisotopic (exact) mass is 644 g/mol. The van der Waals surface area contributed by atoms with Gasteiger partial charge in [-0.1, -0.05) is 109 Å². The van der Waals surface area contributed by atoms with Crippen LogP contribution in [-0.4, -0.2) is 0 Å². The summed E-state index contributed by atoms with van der Waals surface area (Å²) in [6, 6.07) is 34.5. The summed E-state index contributed by atoms with van der Waals surface area (Å²) in [6.45, 7) is 0. The molecule has 0 amide bonds. The second kappa shape index (κ2) is 11.1. The molecule has 8 rings (SSSR count). The van der Waals surface area contributed by atoms with Gasteiger partial charge >= 0.3 is 12.4 Å². The zero-order valence-electron chi connectivity index (χ0n) is 25.3. The minimum Gasteiger partial charge on any atom is -0.166 e. The first-order valence-corrected chi connectivity index (χ1v) is 15.6. The van der Waals surface area contributed by atoms with Gasteiger partial charge in [0.15, 0.2) is 0 Å². The maximum Gasteiger partial charge on any atom is 0.416 e. The van der Waals surface area contributed by atoms with Crippen molar-refractivity contribution in [1.82, 2.24) is 0 Å². The third-order valence-corrected chi connectivity index (χ3v) is 9.42. The highest BCUT2D eigenvalue weighted by Crippen LogP contribution is 2.47. The molecular formula is C42H26F6. The van der Waals surface area contributed by atoms with Gasteiger partial charge in [-0.15, -0.1) is 0 Å². The maximum atomic E-state index is 14.2. The molecule has 0 heterocycles. The number of halogens is 6. The van der Waals surface area contributed by atoms with Crippen LogP contribution in [0.1, 0.15) is 34.6 Å². The maximum absolute atomic E-state index is 14.2. The fraction of sp³-hybridized carbons (Fsp3) is 0.0952. The minimum atomic E-state index is -4.65. The van der Waals surface area contributed by atoms with Gasteiger partial charge in [0.05, 0.1) is 11.1 Å². The van der Waals surface area contributed by atoms with E-state index in [2.05, 4.69) is 30.3 Å². The lowest BCUT2D eigenvalue weighted by molar-refractivity contribution is -0.138. The van der Waals surface area contributed by atoms with Gasteiger partial charge < -0.3 is 0 Å². The van der Waals surface area contributed by atoms with E-state index in [1.807, 2.05) is 66.7 Å². The Labute approximate surface area is 272 Å². The Balaban J connectivity index is 1.40. The van der Waals surface area contributed by atoms with E-state index in [0.29, 0.717) is 33.9 Å². The highest BCUT2D eigenvalue weighted by Gasteiger charge is 2.33. The Morgan fingerprint density at radius 2 is 1.08 bits per heavy atom. The van der Waals surface area contributed by atoms with E-state index in [9.17, 15) is 26.3 Å². The van der Waals surface area contributed by atoms with Crippen molar-refractivity contribution in [2.75, 3.05) is 0 Å². The zero-order valence-corrected chi connectivity index (χ0v) is 25.3. The van der Waals surface area contributed by atoms with Crippen molar-refractivity contribution >= 4 is 48.7 Å². The molecule has 0 nitrogen and oxygen atoms in total. The molecule has 0 saturated heterocycles. The molecule has 0 radical (unpaired) electrons. The van der Waals surface area contributed by atoms with Crippen molar-refractivity contribution in [2.24, 2.45) is 0 Å². The smallest absolute Gasteiger partial charge is 0.166 e. The van der Waals surface area contributed by atoms with Crippen LogP contribution < -0.4 is 0 Å². The first-order chi connectivity index (χ1) is 23.1. The first kappa shape index (κ1) is 30.0.